The summed E-state index contributed by atoms with van der Waals surface area (Å²) in [6.07, 6.45) is 1.06. The van der Waals surface area contributed by atoms with Gasteiger partial charge in [0.1, 0.15) is 6.23 Å². The smallest absolute Gasteiger partial charge is 0.246 e. The van der Waals surface area contributed by atoms with E-state index in [1.54, 1.807) is 12.1 Å². The van der Waals surface area contributed by atoms with Crippen molar-refractivity contribution in [3.8, 4) is 0 Å². The quantitative estimate of drug-likeness (QED) is 0.871. The van der Waals surface area contributed by atoms with E-state index < -0.39 is 22.3 Å². The maximum atomic E-state index is 12.4. The first-order valence-corrected chi connectivity index (χ1v) is 7.28. The number of hydrogen-bond donors (Lipinski definition) is 1. The molecule has 1 aliphatic rings. The van der Waals surface area contributed by atoms with Crippen LogP contribution in [0.1, 0.15) is 12.5 Å². The number of rotatable bonds is 2. The number of sulfonamides is 1. The molecular weight excluding hydrogens is 266 g/mol. The third kappa shape index (κ3) is 2.47. The molecule has 0 bridgehead atoms. The van der Waals surface area contributed by atoms with E-state index in [-0.39, 0.29) is 10.7 Å². The van der Waals surface area contributed by atoms with E-state index in [2.05, 4.69) is 0 Å². The molecule has 1 aromatic rings. The molecule has 0 saturated carbocycles. The fourth-order valence-electron chi connectivity index (χ4n) is 1.94. The molecule has 6 heteroatoms. The molecule has 102 valence electrons. The first kappa shape index (κ1) is 13.9. The Morgan fingerprint density at radius 3 is 2.37 bits per heavy atom. The van der Waals surface area contributed by atoms with Gasteiger partial charge >= 0.3 is 0 Å². The van der Waals surface area contributed by atoms with Gasteiger partial charge in [-0.25, -0.2) is 8.42 Å². The van der Waals surface area contributed by atoms with E-state index >= 15 is 0 Å². The molecule has 0 unspecified atom stereocenters. The highest BCUT2D eigenvalue weighted by Gasteiger charge is 2.38. The SMILES string of the molecule is Cc1ccc(S(=O)(=O)N2[C@H](O)C=CC(=O)[C@@H]2C)cc1. The number of carbonyl (C=O) groups excluding carboxylic acids is 1. The van der Waals surface area contributed by atoms with Crippen molar-refractivity contribution in [1.29, 1.82) is 0 Å². The Bertz CT molecular complexity index is 619. The summed E-state index contributed by atoms with van der Waals surface area (Å²) >= 11 is 0. The van der Waals surface area contributed by atoms with Gasteiger partial charge in [0.05, 0.1) is 10.9 Å². The number of aliphatic hydroxyl groups excluding tert-OH is 1. The Balaban J connectivity index is 2.47. The zero-order valence-electron chi connectivity index (χ0n) is 10.6. The zero-order chi connectivity index (χ0) is 14.2. The molecule has 2 rings (SSSR count). The van der Waals surface area contributed by atoms with Gasteiger partial charge in [-0.05, 0) is 38.1 Å². The van der Waals surface area contributed by atoms with Crippen molar-refractivity contribution in [3.63, 3.8) is 0 Å². The molecule has 0 saturated heterocycles. The number of carbonyl (C=O) groups is 1. The van der Waals surface area contributed by atoms with Gasteiger partial charge in [-0.2, -0.15) is 4.31 Å². The first-order valence-electron chi connectivity index (χ1n) is 5.84. The zero-order valence-corrected chi connectivity index (χ0v) is 11.5. The largest absolute Gasteiger partial charge is 0.374 e. The number of ketones is 1. The Labute approximate surface area is 112 Å². The summed E-state index contributed by atoms with van der Waals surface area (Å²) in [5.41, 5.74) is 0.933. The molecule has 1 aliphatic heterocycles. The van der Waals surface area contributed by atoms with Crippen LogP contribution in [0.5, 0.6) is 0 Å². The molecule has 19 heavy (non-hydrogen) atoms. The highest BCUT2D eigenvalue weighted by Crippen LogP contribution is 2.24. The van der Waals surface area contributed by atoms with Crippen molar-refractivity contribution in [2.45, 2.75) is 31.0 Å². The van der Waals surface area contributed by atoms with E-state index in [1.807, 2.05) is 6.92 Å². The van der Waals surface area contributed by atoms with Gasteiger partial charge in [-0.15, -0.1) is 0 Å². The lowest BCUT2D eigenvalue weighted by Gasteiger charge is -2.32. The molecule has 2 atom stereocenters. The lowest BCUT2D eigenvalue weighted by atomic mass is 10.1. The Morgan fingerprint density at radius 2 is 1.79 bits per heavy atom. The van der Waals surface area contributed by atoms with Crippen molar-refractivity contribution in [1.82, 2.24) is 4.31 Å². The van der Waals surface area contributed by atoms with Crippen molar-refractivity contribution < 1.29 is 18.3 Å². The van der Waals surface area contributed by atoms with E-state index in [9.17, 15) is 18.3 Å². The average molecular weight is 281 g/mol. The van der Waals surface area contributed by atoms with Crippen molar-refractivity contribution in [2.24, 2.45) is 0 Å². The average Bonchev–Trinajstić information content (AvgIpc) is 2.34. The van der Waals surface area contributed by atoms with Gasteiger partial charge < -0.3 is 5.11 Å². The second kappa shape index (κ2) is 4.88. The Hall–Kier alpha value is -1.50. The van der Waals surface area contributed by atoms with Crippen LogP contribution in [0.2, 0.25) is 0 Å². The molecule has 0 aliphatic carbocycles. The lowest BCUT2D eigenvalue weighted by Crippen LogP contribution is -2.50. The number of aryl methyl sites for hydroxylation is 1. The van der Waals surface area contributed by atoms with Crippen LogP contribution in [0, 0.1) is 6.92 Å². The number of nitrogens with zero attached hydrogens (tertiary/aromatic N) is 1. The molecule has 0 fully saturated rings. The van der Waals surface area contributed by atoms with Crippen molar-refractivity contribution in [2.75, 3.05) is 0 Å². The fraction of sp³-hybridized carbons (Fsp3) is 0.308. The Kier molecular flexibility index (Phi) is 3.58. The second-order valence-electron chi connectivity index (χ2n) is 4.50. The van der Waals surface area contributed by atoms with Crippen molar-refractivity contribution >= 4 is 15.8 Å². The molecule has 0 radical (unpaired) electrons. The standard InChI is InChI=1S/C13H15NO4S/c1-9-3-5-11(6-4-9)19(17,18)14-10(2)12(15)7-8-13(14)16/h3-8,10,13,16H,1-2H3/t10-,13+/m0/s1. The summed E-state index contributed by atoms with van der Waals surface area (Å²) in [6, 6.07) is 5.36. The summed E-state index contributed by atoms with van der Waals surface area (Å²) < 4.78 is 25.7. The van der Waals surface area contributed by atoms with Gasteiger partial charge in [0.2, 0.25) is 10.0 Å². The summed E-state index contributed by atoms with van der Waals surface area (Å²) in [5, 5.41) is 9.82. The summed E-state index contributed by atoms with van der Waals surface area (Å²) in [7, 11) is -3.90. The lowest BCUT2D eigenvalue weighted by molar-refractivity contribution is -0.120. The van der Waals surface area contributed by atoms with E-state index in [0.29, 0.717) is 0 Å². The monoisotopic (exact) mass is 281 g/mol. The predicted molar refractivity (Wildman–Crippen MR) is 69.8 cm³/mol. The minimum absolute atomic E-state index is 0.0621. The minimum Gasteiger partial charge on any atom is -0.374 e. The van der Waals surface area contributed by atoms with Gasteiger partial charge in [0.25, 0.3) is 0 Å². The van der Waals surface area contributed by atoms with Crippen LogP contribution in [0.25, 0.3) is 0 Å². The number of aliphatic hydroxyl groups is 1. The van der Waals surface area contributed by atoms with Gasteiger partial charge in [-0.1, -0.05) is 17.7 Å². The fourth-order valence-corrected chi connectivity index (χ4v) is 3.54. The van der Waals surface area contributed by atoms with Crippen LogP contribution in [-0.2, 0) is 14.8 Å². The number of benzene rings is 1. The topological polar surface area (TPSA) is 74.7 Å². The molecule has 0 spiro atoms. The second-order valence-corrected chi connectivity index (χ2v) is 6.34. The normalized spacial score (nSPS) is 24.7. The highest BCUT2D eigenvalue weighted by atomic mass is 32.2. The molecule has 1 N–H and O–H groups in total. The van der Waals surface area contributed by atoms with Crippen LogP contribution in [0.3, 0.4) is 0 Å². The minimum atomic E-state index is -3.90. The van der Waals surface area contributed by atoms with Crippen molar-refractivity contribution in [3.05, 3.63) is 42.0 Å². The third-order valence-corrected chi connectivity index (χ3v) is 5.04. The van der Waals surface area contributed by atoms with E-state index in [1.165, 1.54) is 31.2 Å². The summed E-state index contributed by atoms with van der Waals surface area (Å²) in [6.45, 7) is 3.31. The summed E-state index contributed by atoms with van der Waals surface area (Å²) in [5.74, 6) is -0.346. The molecular formula is C13H15NO4S. The first-order chi connectivity index (χ1) is 8.84. The van der Waals surface area contributed by atoms with Gasteiger partial charge in [-0.3, -0.25) is 4.79 Å². The highest BCUT2D eigenvalue weighted by molar-refractivity contribution is 7.89. The molecule has 1 heterocycles. The van der Waals surface area contributed by atoms with E-state index in [4.69, 9.17) is 0 Å². The predicted octanol–water partition coefficient (Wildman–Crippen LogP) is 0.832. The van der Waals surface area contributed by atoms with Crippen LogP contribution in [0.15, 0.2) is 41.3 Å². The summed E-state index contributed by atoms with van der Waals surface area (Å²) in [4.78, 5) is 11.6. The maximum Gasteiger partial charge on any atom is 0.246 e. The number of hydrogen-bond acceptors (Lipinski definition) is 4. The van der Waals surface area contributed by atoms with Crippen LogP contribution in [-0.4, -0.2) is 35.9 Å². The van der Waals surface area contributed by atoms with Gasteiger partial charge in [0.15, 0.2) is 5.78 Å². The molecule has 1 aromatic carbocycles. The third-order valence-electron chi connectivity index (χ3n) is 3.08. The van der Waals surface area contributed by atoms with E-state index in [0.717, 1.165) is 9.87 Å². The van der Waals surface area contributed by atoms with Crippen LogP contribution < -0.4 is 0 Å². The Morgan fingerprint density at radius 1 is 1.21 bits per heavy atom. The van der Waals surface area contributed by atoms with Crippen LogP contribution in [0.4, 0.5) is 0 Å². The molecule has 5 nitrogen and oxygen atoms in total. The van der Waals surface area contributed by atoms with Crippen LogP contribution >= 0.6 is 0 Å². The van der Waals surface area contributed by atoms with Gasteiger partial charge in [0, 0.05) is 0 Å². The maximum absolute atomic E-state index is 12.4. The molecule has 0 amide bonds. The molecule has 0 aromatic heterocycles.